The predicted octanol–water partition coefficient (Wildman–Crippen LogP) is 1.40. The average molecular weight is 336 g/mol. The fraction of sp³-hybridized carbons (Fsp3) is 0.765. The van der Waals surface area contributed by atoms with Gasteiger partial charge in [0.15, 0.2) is 0 Å². The summed E-state index contributed by atoms with van der Waals surface area (Å²) >= 11 is 0. The van der Waals surface area contributed by atoms with Crippen molar-refractivity contribution in [3.8, 4) is 0 Å². The molecule has 3 rings (SSSR count). The average Bonchev–Trinajstić information content (AvgIpc) is 2.62. The minimum Gasteiger partial charge on any atom is -0.383 e. The van der Waals surface area contributed by atoms with E-state index in [4.69, 9.17) is 14.2 Å². The second kappa shape index (κ2) is 8.71. The van der Waals surface area contributed by atoms with Gasteiger partial charge in [-0.2, -0.15) is 0 Å². The maximum absolute atomic E-state index is 6.01. The maximum atomic E-state index is 6.01. The van der Waals surface area contributed by atoms with Crippen LogP contribution in [0, 0.1) is 6.92 Å². The van der Waals surface area contributed by atoms with Crippen LogP contribution in [-0.4, -0.2) is 74.1 Å². The summed E-state index contributed by atoms with van der Waals surface area (Å²) in [5, 5.41) is 3.28. The molecule has 134 valence electrons. The Labute approximate surface area is 143 Å². The summed E-state index contributed by atoms with van der Waals surface area (Å²) in [6, 6.07) is 2.60. The van der Waals surface area contributed by atoms with E-state index in [0.717, 1.165) is 69.6 Å². The van der Waals surface area contributed by atoms with Crippen molar-refractivity contribution >= 4 is 5.82 Å². The fourth-order valence-corrected chi connectivity index (χ4v) is 3.36. The number of rotatable bonds is 6. The van der Waals surface area contributed by atoms with Gasteiger partial charge in [0.25, 0.3) is 0 Å². The molecule has 3 heterocycles. The highest BCUT2D eigenvalue weighted by atomic mass is 16.5. The minimum atomic E-state index is 0.00581. The SMILES string of the molecule is COCCNc1cc(C2CN(C3CCOCC3)CCO2)nc(C)n1. The van der Waals surface area contributed by atoms with Crippen LogP contribution in [0.1, 0.15) is 30.5 Å². The van der Waals surface area contributed by atoms with Crippen LogP contribution in [0.2, 0.25) is 0 Å². The quantitative estimate of drug-likeness (QED) is 0.787. The third-order valence-electron chi connectivity index (χ3n) is 4.61. The molecule has 2 aliphatic rings. The van der Waals surface area contributed by atoms with Gasteiger partial charge in [-0.15, -0.1) is 0 Å². The molecule has 2 aliphatic heterocycles. The van der Waals surface area contributed by atoms with Gasteiger partial charge in [-0.05, 0) is 19.8 Å². The molecule has 1 aromatic rings. The molecule has 0 aliphatic carbocycles. The summed E-state index contributed by atoms with van der Waals surface area (Å²) in [5.41, 5.74) is 0.958. The summed E-state index contributed by atoms with van der Waals surface area (Å²) < 4.78 is 16.6. The summed E-state index contributed by atoms with van der Waals surface area (Å²) in [6.45, 7) is 7.66. The van der Waals surface area contributed by atoms with E-state index in [9.17, 15) is 0 Å². The largest absolute Gasteiger partial charge is 0.383 e. The third-order valence-corrected chi connectivity index (χ3v) is 4.61. The van der Waals surface area contributed by atoms with E-state index in [1.54, 1.807) is 7.11 Å². The van der Waals surface area contributed by atoms with Crippen molar-refractivity contribution in [3.05, 3.63) is 17.6 Å². The third kappa shape index (κ3) is 4.63. The zero-order valence-electron chi connectivity index (χ0n) is 14.7. The molecule has 1 atom stereocenters. The Balaban J connectivity index is 1.65. The lowest BCUT2D eigenvalue weighted by Crippen LogP contribution is -2.47. The first-order valence-corrected chi connectivity index (χ1v) is 8.78. The zero-order chi connectivity index (χ0) is 16.8. The molecule has 7 nitrogen and oxygen atoms in total. The number of hydrogen-bond acceptors (Lipinski definition) is 7. The molecule has 1 N–H and O–H groups in total. The monoisotopic (exact) mass is 336 g/mol. The number of morpholine rings is 1. The van der Waals surface area contributed by atoms with Crippen molar-refractivity contribution < 1.29 is 14.2 Å². The van der Waals surface area contributed by atoms with Crippen molar-refractivity contribution in [2.45, 2.75) is 31.9 Å². The first kappa shape index (κ1) is 17.5. The molecule has 0 saturated carbocycles. The number of methoxy groups -OCH3 is 1. The van der Waals surface area contributed by atoms with Gasteiger partial charge in [-0.25, -0.2) is 9.97 Å². The molecule has 7 heteroatoms. The smallest absolute Gasteiger partial charge is 0.130 e. The van der Waals surface area contributed by atoms with Crippen LogP contribution < -0.4 is 5.32 Å². The molecule has 0 aromatic carbocycles. The molecular formula is C17H28N4O3. The second-order valence-corrected chi connectivity index (χ2v) is 6.34. The van der Waals surface area contributed by atoms with Gasteiger partial charge < -0.3 is 19.5 Å². The summed E-state index contributed by atoms with van der Waals surface area (Å²) in [7, 11) is 1.69. The van der Waals surface area contributed by atoms with Crippen molar-refractivity contribution in [2.75, 3.05) is 58.5 Å². The van der Waals surface area contributed by atoms with Crippen LogP contribution in [0.3, 0.4) is 0 Å². The Morgan fingerprint density at radius 1 is 1.29 bits per heavy atom. The fourth-order valence-electron chi connectivity index (χ4n) is 3.36. The summed E-state index contributed by atoms with van der Waals surface area (Å²) in [6.07, 6.45) is 2.23. The van der Waals surface area contributed by atoms with E-state index in [1.807, 2.05) is 13.0 Å². The molecule has 24 heavy (non-hydrogen) atoms. The van der Waals surface area contributed by atoms with E-state index in [-0.39, 0.29) is 6.10 Å². The summed E-state index contributed by atoms with van der Waals surface area (Å²) in [5.74, 6) is 1.60. The van der Waals surface area contributed by atoms with E-state index in [2.05, 4.69) is 20.2 Å². The Morgan fingerprint density at radius 3 is 2.92 bits per heavy atom. The van der Waals surface area contributed by atoms with Crippen molar-refractivity contribution in [3.63, 3.8) is 0 Å². The maximum Gasteiger partial charge on any atom is 0.130 e. The highest BCUT2D eigenvalue weighted by Gasteiger charge is 2.29. The number of aromatic nitrogens is 2. The van der Waals surface area contributed by atoms with Crippen LogP contribution in [-0.2, 0) is 14.2 Å². The van der Waals surface area contributed by atoms with Crippen LogP contribution in [0.25, 0.3) is 0 Å². The molecule has 1 aromatic heterocycles. The highest BCUT2D eigenvalue weighted by Crippen LogP contribution is 2.26. The van der Waals surface area contributed by atoms with Gasteiger partial charge in [-0.1, -0.05) is 0 Å². The Morgan fingerprint density at radius 2 is 2.12 bits per heavy atom. The van der Waals surface area contributed by atoms with Crippen molar-refractivity contribution in [1.29, 1.82) is 0 Å². The number of ether oxygens (including phenoxy) is 3. The lowest BCUT2D eigenvalue weighted by molar-refractivity contribution is -0.0647. The number of nitrogens with zero attached hydrogens (tertiary/aromatic N) is 3. The Kier molecular flexibility index (Phi) is 6.37. The molecule has 2 fully saturated rings. The Hall–Kier alpha value is -1.28. The van der Waals surface area contributed by atoms with E-state index >= 15 is 0 Å². The van der Waals surface area contributed by atoms with Gasteiger partial charge in [0.2, 0.25) is 0 Å². The van der Waals surface area contributed by atoms with Crippen molar-refractivity contribution in [1.82, 2.24) is 14.9 Å². The molecule has 0 amide bonds. The number of nitrogens with one attached hydrogen (secondary N) is 1. The molecule has 0 bridgehead atoms. The van der Waals surface area contributed by atoms with Crippen LogP contribution in [0.15, 0.2) is 6.07 Å². The molecule has 0 spiro atoms. The van der Waals surface area contributed by atoms with Crippen LogP contribution in [0.5, 0.6) is 0 Å². The van der Waals surface area contributed by atoms with Gasteiger partial charge in [0.05, 0.1) is 18.9 Å². The molecule has 2 saturated heterocycles. The predicted molar refractivity (Wildman–Crippen MR) is 91.2 cm³/mol. The van der Waals surface area contributed by atoms with Crippen LogP contribution in [0.4, 0.5) is 5.82 Å². The second-order valence-electron chi connectivity index (χ2n) is 6.34. The van der Waals surface area contributed by atoms with Crippen molar-refractivity contribution in [2.24, 2.45) is 0 Å². The normalized spacial score (nSPS) is 23.3. The van der Waals surface area contributed by atoms with Gasteiger partial charge >= 0.3 is 0 Å². The zero-order valence-corrected chi connectivity index (χ0v) is 14.7. The standard InChI is InChI=1S/C17H28N4O3/c1-13-19-15(11-17(20-13)18-5-9-22-2)16-12-21(6-10-24-16)14-3-7-23-8-4-14/h11,14,16H,3-10,12H2,1-2H3,(H,18,19,20). The number of hydrogen-bond donors (Lipinski definition) is 1. The van der Waals surface area contributed by atoms with Gasteiger partial charge in [0.1, 0.15) is 17.7 Å². The van der Waals surface area contributed by atoms with E-state index in [1.165, 1.54) is 0 Å². The Bertz CT molecular complexity index is 523. The van der Waals surface area contributed by atoms with Crippen LogP contribution >= 0.6 is 0 Å². The van der Waals surface area contributed by atoms with E-state index < -0.39 is 0 Å². The van der Waals surface area contributed by atoms with Gasteiger partial charge in [-0.3, -0.25) is 4.90 Å². The van der Waals surface area contributed by atoms with E-state index in [0.29, 0.717) is 12.6 Å². The molecular weight excluding hydrogens is 308 g/mol. The number of aryl methyl sites for hydroxylation is 1. The molecule has 1 unspecified atom stereocenters. The summed E-state index contributed by atoms with van der Waals surface area (Å²) in [4.78, 5) is 11.6. The lowest BCUT2D eigenvalue weighted by atomic mass is 10.0. The van der Waals surface area contributed by atoms with Gasteiger partial charge in [0, 0.05) is 52.1 Å². The topological polar surface area (TPSA) is 68.7 Å². The number of anilines is 1. The highest BCUT2D eigenvalue weighted by molar-refractivity contribution is 5.36. The minimum absolute atomic E-state index is 0.00581. The first-order chi connectivity index (χ1) is 11.8. The first-order valence-electron chi connectivity index (χ1n) is 8.78. The lowest BCUT2D eigenvalue weighted by Gasteiger charge is -2.39. The molecule has 0 radical (unpaired) electrons.